The molecule has 1 aromatic heterocycles. The zero-order valence-corrected chi connectivity index (χ0v) is 14.8. The normalized spacial score (nSPS) is 15.2. The second-order valence-electron chi connectivity index (χ2n) is 6.06. The van der Waals surface area contributed by atoms with Gasteiger partial charge in [-0.3, -0.25) is 4.79 Å². The Morgan fingerprint density at radius 3 is 2.52 bits per heavy atom. The first kappa shape index (κ1) is 17.4. The average molecular weight is 360 g/mol. The van der Waals surface area contributed by atoms with E-state index < -0.39 is 5.97 Å². The molecule has 1 aromatic carbocycles. The summed E-state index contributed by atoms with van der Waals surface area (Å²) in [6, 6.07) is 7.54. The lowest BCUT2D eigenvalue weighted by Gasteiger charge is -2.31. The van der Waals surface area contributed by atoms with Gasteiger partial charge in [0.1, 0.15) is 5.75 Å². The summed E-state index contributed by atoms with van der Waals surface area (Å²) < 4.78 is 5.12. The van der Waals surface area contributed by atoms with Crippen molar-refractivity contribution in [1.29, 1.82) is 0 Å². The number of carbonyl (C=O) groups is 2. The number of rotatable bonds is 5. The van der Waals surface area contributed by atoms with E-state index >= 15 is 0 Å². The fraction of sp³-hybridized carbons (Fsp3) is 0.389. The lowest BCUT2D eigenvalue weighted by atomic mass is 9.97. The van der Waals surface area contributed by atoms with Crippen molar-refractivity contribution in [2.24, 2.45) is 0 Å². The van der Waals surface area contributed by atoms with Crippen LogP contribution in [0.15, 0.2) is 29.6 Å². The molecular formula is C18H20N2O4S. The molecule has 0 aliphatic carbocycles. The molecule has 1 aliphatic rings. The molecule has 0 radical (unpaired) electrons. The van der Waals surface area contributed by atoms with E-state index in [1.807, 2.05) is 29.2 Å². The zero-order chi connectivity index (χ0) is 17.8. The van der Waals surface area contributed by atoms with Crippen molar-refractivity contribution in [2.45, 2.75) is 25.2 Å². The van der Waals surface area contributed by atoms with Gasteiger partial charge in [0.2, 0.25) is 5.91 Å². The van der Waals surface area contributed by atoms with Crippen LogP contribution in [0.2, 0.25) is 0 Å². The Hall–Kier alpha value is -2.41. The van der Waals surface area contributed by atoms with Gasteiger partial charge in [-0.15, -0.1) is 11.3 Å². The number of carboxylic acids is 1. The Bertz CT molecular complexity index is 749. The molecule has 132 valence electrons. The summed E-state index contributed by atoms with van der Waals surface area (Å²) in [5, 5.41) is 11.4. The highest BCUT2D eigenvalue weighted by Crippen LogP contribution is 2.30. The summed E-state index contributed by atoms with van der Waals surface area (Å²) in [6.45, 7) is 1.36. The Labute approximate surface area is 150 Å². The highest BCUT2D eigenvalue weighted by molar-refractivity contribution is 7.09. The van der Waals surface area contributed by atoms with Gasteiger partial charge in [0.05, 0.1) is 18.5 Å². The van der Waals surface area contributed by atoms with Gasteiger partial charge in [0, 0.05) is 24.4 Å². The maximum atomic E-state index is 12.5. The molecule has 1 saturated heterocycles. The summed E-state index contributed by atoms with van der Waals surface area (Å²) in [5.74, 6) is 0.146. The molecule has 3 rings (SSSR count). The molecular weight excluding hydrogens is 340 g/mol. The van der Waals surface area contributed by atoms with Crippen LogP contribution in [0.25, 0.3) is 0 Å². The van der Waals surface area contributed by atoms with Crippen LogP contribution in [-0.4, -0.2) is 47.1 Å². The minimum Gasteiger partial charge on any atom is -0.497 e. The number of likely N-dealkylation sites (tertiary alicyclic amines) is 1. The van der Waals surface area contributed by atoms with Gasteiger partial charge in [0.25, 0.3) is 0 Å². The second-order valence-corrected chi connectivity index (χ2v) is 6.95. The summed E-state index contributed by atoms with van der Waals surface area (Å²) in [5.41, 5.74) is 1.08. The predicted molar refractivity (Wildman–Crippen MR) is 94.3 cm³/mol. The van der Waals surface area contributed by atoms with Gasteiger partial charge in [-0.2, -0.15) is 0 Å². The largest absolute Gasteiger partial charge is 0.497 e. The number of aromatic carboxylic acids is 1. The third-order valence-corrected chi connectivity index (χ3v) is 5.46. The molecule has 2 aromatic rings. The number of carbonyl (C=O) groups excluding carboxylic acids is 1. The number of thiazole rings is 1. The van der Waals surface area contributed by atoms with Crippen molar-refractivity contribution in [3.8, 4) is 5.75 Å². The van der Waals surface area contributed by atoms with Gasteiger partial charge in [-0.25, -0.2) is 9.78 Å². The maximum absolute atomic E-state index is 12.5. The van der Waals surface area contributed by atoms with E-state index in [4.69, 9.17) is 9.84 Å². The van der Waals surface area contributed by atoms with Crippen molar-refractivity contribution < 1.29 is 19.4 Å². The Morgan fingerprint density at radius 2 is 1.96 bits per heavy atom. The lowest BCUT2D eigenvalue weighted by Crippen LogP contribution is -2.38. The number of ether oxygens (including phenoxy) is 1. The highest BCUT2D eigenvalue weighted by Gasteiger charge is 2.26. The number of hydrogen-bond donors (Lipinski definition) is 1. The molecule has 0 saturated carbocycles. The van der Waals surface area contributed by atoms with E-state index in [-0.39, 0.29) is 17.5 Å². The van der Waals surface area contributed by atoms with Crippen LogP contribution in [0, 0.1) is 0 Å². The number of methoxy groups -OCH3 is 1. The SMILES string of the molecule is COc1ccc(CC(=O)N2CCC(c3nc(C(=O)O)cs3)CC2)cc1. The number of carboxylic acid groups (broad SMARTS) is 1. The van der Waals surface area contributed by atoms with Crippen LogP contribution >= 0.6 is 11.3 Å². The fourth-order valence-electron chi connectivity index (χ4n) is 2.98. The molecule has 0 unspecified atom stereocenters. The summed E-state index contributed by atoms with van der Waals surface area (Å²) >= 11 is 1.39. The molecule has 0 atom stereocenters. The molecule has 7 heteroatoms. The fourth-order valence-corrected chi connectivity index (χ4v) is 3.94. The van der Waals surface area contributed by atoms with E-state index in [9.17, 15) is 9.59 Å². The summed E-state index contributed by atoms with van der Waals surface area (Å²) in [4.78, 5) is 29.5. The topological polar surface area (TPSA) is 79.7 Å². The number of piperidine rings is 1. The number of nitrogens with zero attached hydrogens (tertiary/aromatic N) is 2. The van der Waals surface area contributed by atoms with Crippen LogP contribution in [-0.2, 0) is 11.2 Å². The van der Waals surface area contributed by atoms with Gasteiger partial charge in [0.15, 0.2) is 5.69 Å². The summed E-state index contributed by atoms with van der Waals surface area (Å²) in [6.07, 6.45) is 2.02. The first-order valence-electron chi connectivity index (χ1n) is 8.16. The minimum atomic E-state index is -0.991. The van der Waals surface area contributed by atoms with Crippen LogP contribution in [0.4, 0.5) is 0 Å². The number of hydrogen-bond acceptors (Lipinski definition) is 5. The smallest absolute Gasteiger partial charge is 0.355 e. The molecule has 0 bridgehead atoms. The van der Waals surface area contributed by atoms with Crippen LogP contribution in [0.1, 0.15) is 39.8 Å². The third-order valence-electron chi connectivity index (χ3n) is 4.45. The van der Waals surface area contributed by atoms with Gasteiger partial charge in [-0.1, -0.05) is 12.1 Å². The van der Waals surface area contributed by atoms with E-state index in [2.05, 4.69) is 4.98 Å². The van der Waals surface area contributed by atoms with Crippen LogP contribution in [0.5, 0.6) is 5.75 Å². The van der Waals surface area contributed by atoms with E-state index in [0.29, 0.717) is 19.5 Å². The lowest BCUT2D eigenvalue weighted by molar-refractivity contribution is -0.131. The van der Waals surface area contributed by atoms with Gasteiger partial charge in [-0.05, 0) is 30.5 Å². The van der Waals surface area contributed by atoms with E-state index in [1.54, 1.807) is 12.5 Å². The molecule has 6 nitrogen and oxygen atoms in total. The van der Waals surface area contributed by atoms with E-state index in [0.717, 1.165) is 29.2 Å². The maximum Gasteiger partial charge on any atom is 0.355 e. The van der Waals surface area contributed by atoms with Crippen molar-refractivity contribution >= 4 is 23.2 Å². The monoisotopic (exact) mass is 360 g/mol. The molecule has 0 spiro atoms. The molecule has 2 heterocycles. The zero-order valence-electron chi connectivity index (χ0n) is 14.0. The Balaban J connectivity index is 1.53. The first-order valence-corrected chi connectivity index (χ1v) is 9.04. The minimum absolute atomic E-state index is 0.109. The first-order chi connectivity index (χ1) is 12.1. The second kappa shape index (κ2) is 7.65. The van der Waals surface area contributed by atoms with Crippen molar-refractivity contribution in [2.75, 3.05) is 20.2 Å². The number of benzene rings is 1. The molecule has 1 fully saturated rings. The Kier molecular flexibility index (Phi) is 5.33. The molecule has 25 heavy (non-hydrogen) atoms. The number of amides is 1. The average Bonchev–Trinajstić information content (AvgIpc) is 3.13. The van der Waals surface area contributed by atoms with Crippen molar-refractivity contribution in [1.82, 2.24) is 9.88 Å². The molecule has 1 aliphatic heterocycles. The van der Waals surface area contributed by atoms with Gasteiger partial charge >= 0.3 is 5.97 Å². The molecule has 1 N–H and O–H groups in total. The van der Waals surface area contributed by atoms with Gasteiger partial charge < -0.3 is 14.7 Å². The quantitative estimate of drug-likeness (QED) is 0.887. The van der Waals surface area contributed by atoms with Crippen molar-refractivity contribution in [3.05, 3.63) is 45.9 Å². The Morgan fingerprint density at radius 1 is 1.28 bits per heavy atom. The van der Waals surface area contributed by atoms with Crippen LogP contribution < -0.4 is 4.74 Å². The van der Waals surface area contributed by atoms with Crippen molar-refractivity contribution in [3.63, 3.8) is 0 Å². The highest BCUT2D eigenvalue weighted by atomic mass is 32.1. The predicted octanol–water partition coefficient (Wildman–Crippen LogP) is 2.80. The molecule has 1 amide bonds. The van der Waals surface area contributed by atoms with E-state index in [1.165, 1.54) is 11.3 Å². The standard InChI is InChI=1S/C18H20N2O4S/c1-24-14-4-2-12(3-5-14)10-16(21)20-8-6-13(7-9-20)17-19-15(11-25-17)18(22)23/h2-5,11,13H,6-10H2,1H3,(H,22,23). The van der Waals surface area contributed by atoms with Crippen LogP contribution in [0.3, 0.4) is 0 Å². The third kappa shape index (κ3) is 4.17. The number of aromatic nitrogens is 1. The summed E-state index contributed by atoms with van der Waals surface area (Å²) in [7, 11) is 1.62.